The maximum atomic E-state index is 6.36. The molecule has 0 spiro atoms. The number of nitrogens with one attached hydrogen (secondary N) is 1. The van der Waals surface area contributed by atoms with Gasteiger partial charge in [-0.2, -0.15) is 0 Å². The number of fused-ring (bicyclic) bond motifs is 1. The van der Waals surface area contributed by atoms with Crippen LogP contribution >= 0.6 is 11.6 Å². The van der Waals surface area contributed by atoms with Crippen molar-refractivity contribution >= 4 is 22.5 Å². The largest absolute Gasteiger partial charge is 0.357 e. The second-order valence-corrected chi connectivity index (χ2v) is 4.98. The zero-order chi connectivity index (χ0) is 11.9. The molecule has 1 atom stereocenters. The lowest BCUT2D eigenvalue weighted by atomic mass is 10.1. The summed E-state index contributed by atoms with van der Waals surface area (Å²) < 4.78 is 0. The number of benzene rings is 1. The van der Waals surface area contributed by atoms with Crippen molar-refractivity contribution in [1.29, 1.82) is 0 Å². The smallest absolute Gasteiger partial charge is 0.0694 e. The molecule has 2 nitrogen and oxygen atoms in total. The first kappa shape index (κ1) is 11.5. The van der Waals surface area contributed by atoms with Crippen LogP contribution in [-0.4, -0.2) is 4.98 Å². The van der Waals surface area contributed by atoms with Gasteiger partial charge >= 0.3 is 0 Å². The normalized spacial score (nSPS) is 13.6. The second-order valence-electron chi connectivity index (χ2n) is 4.60. The van der Waals surface area contributed by atoms with Crippen molar-refractivity contribution in [2.45, 2.75) is 32.7 Å². The summed E-state index contributed by atoms with van der Waals surface area (Å²) in [6, 6.07) is 6.21. The highest BCUT2D eigenvalue weighted by Crippen LogP contribution is 2.33. The molecule has 86 valence electrons. The van der Waals surface area contributed by atoms with E-state index in [9.17, 15) is 0 Å². The van der Waals surface area contributed by atoms with Crippen molar-refractivity contribution < 1.29 is 0 Å². The molecule has 3 heteroatoms. The van der Waals surface area contributed by atoms with E-state index in [0.717, 1.165) is 27.2 Å². The summed E-state index contributed by atoms with van der Waals surface area (Å²) >= 11 is 6.36. The van der Waals surface area contributed by atoms with E-state index in [1.54, 1.807) is 0 Å². The van der Waals surface area contributed by atoms with Crippen LogP contribution in [0.1, 0.15) is 44.0 Å². The molecule has 0 amide bonds. The molecule has 1 heterocycles. The Kier molecular flexibility index (Phi) is 2.96. The topological polar surface area (TPSA) is 41.8 Å². The van der Waals surface area contributed by atoms with Gasteiger partial charge in [0.2, 0.25) is 0 Å². The van der Waals surface area contributed by atoms with Crippen LogP contribution in [0.25, 0.3) is 10.9 Å². The van der Waals surface area contributed by atoms with E-state index < -0.39 is 0 Å². The van der Waals surface area contributed by atoms with Crippen LogP contribution in [0.5, 0.6) is 0 Å². The summed E-state index contributed by atoms with van der Waals surface area (Å²) in [6.07, 6.45) is 0. The molecule has 2 rings (SSSR count). The summed E-state index contributed by atoms with van der Waals surface area (Å²) in [4.78, 5) is 3.36. The van der Waals surface area contributed by atoms with Crippen LogP contribution in [0.2, 0.25) is 5.02 Å². The van der Waals surface area contributed by atoms with Gasteiger partial charge in [-0.25, -0.2) is 0 Å². The maximum absolute atomic E-state index is 6.36. The maximum Gasteiger partial charge on any atom is 0.0694 e. The van der Waals surface area contributed by atoms with Crippen molar-refractivity contribution in [1.82, 2.24) is 4.98 Å². The van der Waals surface area contributed by atoms with Gasteiger partial charge in [0.15, 0.2) is 0 Å². The number of halogens is 1. The number of hydrogen-bond acceptors (Lipinski definition) is 1. The average Bonchev–Trinajstić information content (AvgIpc) is 2.56. The monoisotopic (exact) mass is 236 g/mol. The molecule has 0 saturated carbocycles. The van der Waals surface area contributed by atoms with Crippen molar-refractivity contribution in [3.8, 4) is 0 Å². The van der Waals surface area contributed by atoms with Gasteiger partial charge in [0.05, 0.1) is 5.02 Å². The van der Waals surface area contributed by atoms with Gasteiger partial charge in [-0.05, 0) is 30.5 Å². The Hall–Kier alpha value is -0.990. The van der Waals surface area contributed by atoms with Crippen LogP contribution in [0.3, 0.4) is 0 Å². The van der Waals surface area contributed by atoms with Crippen LogP contribution in [0.4, 0.5) is 0 Å². The first-order valence-corrected chi connectivity index (χ1v) is 5.95. The molecule has 1 aromatic heterocycles. The third-order valence-electron chi connectivity index (χ3n) is 2.89. The number of aromatic amines is 1. The van der Waals surface area contributed by atoms with E-state index in [-0.39, 0.29) is 6.04 Å². The molecular weight excluding hydrogens is 220 g/mol. The fourth-order valence-electron chi connectivity index (χ4n) is 1.88. The Morgan fingerprint density at radius 3 is 2.50 bits per heavy atom. The standard InChI is InChI=1S/C13H17ClN2/c1-7(2)13-12(14)10-6-9(8(3)15)4-5-11(10)16-13/h4-8,16H,15H2,1-3H3. The van der Waals surface area contributed by atoms with E-state index in [1.807, 2.05) is 19.1 Å². The van der Waals surface area contributed by atoms with Crippen LogP contribution in [-0.2, 0) is 0 Å². The van der Waals surface area contributed by atoms with E-state index in [4.69, 9.17) is 17.3 Å². The van der Waals surface area contributed by atoms with E-state index in [2.05, 4.69) is 24.9 Å². The van der Waals surface area contributed by atoms with Gasteiger partial charge in [0, 0.05) is 22.6 Å². The molecule has 2 aromatic rings. The van der Waals surface area contributed by atoms with Gasteiger partial charge in [-0.3, -0.25) is 0 Å². The van der Waals surface area contributed by atoms with Gasteiger partial charge < -0.3 is 10.7 Å². The summed E-state index contributed by atoms with van der Waals surface area (Å²) in [5, 5.41) is 1.90. The fourth-order valence-corrected chi connectivity index (χ4v) is 2.30. The van der Waals surface area contributed by atoms with Crippen molar-refractivity contribution in [3.05, 3.63) is 34.5 Å². The zero-order valence-corrected chi connectivity index (χ0v) is 10.6. The first-order chi connectivity index (χ1) is 7.50. The van der Waals surface area contributed by atoms with E-state index in [1.165, 1.54) is 0 Å². The van der Waals surface area contributed by atoms with Gasteiger partial charge in [-0.15, -0.1) is 0 Å². The third-order valence-corrected chi connectivity index (χ3v) is 3.30. The Bertz CT molecular complexity index is 512. The Balaban J connectivity index is 2.64. The van der Waals surface area contributed by atoms with Crippen LogP contribution in [0.15, 0.2) is 18.2 Å². The lowest BCUT2D eigenvalue weighted by molar-refractivity contribution is 0.820. The molecule has 1 unspecified atom stereocenters. The Morgan fingerprint density at radius 2 is 1.94 bits per heavy atom. The average molecular weight is 237 g/mol. The highest BCUT2D eigenvalue weighted by molar-refractivity contribution is 6.36. The minimum absolute atomic E-state index is 0.0397. The summed E-state index contributed by atoms with van der Waals surface area (Å²) in [6.45, 7) is 6.23. The Morgan fingerprint density at radius 1 is 1.25 bits per heavy atom. The molecule has 0 radical (unpaired) electrons. The number of hydrogen-bond donors (Lipinski definition) is 2. The molecule has 1 aromatic carbocycles. The van der Waals surface area contributed by atoms with Crippen molar-refractivity contribution in [2.24, 2.45) is 5.73 Å². The van der Waals surface area contributed by atoms with Gasteiger partial charge in [0.25, 0.3) is 0 Å². The lowest BCUT2D eigenvalue weighted by Crippen LogP contribution is -2.04. The summed E-state index contributed by atoms with van der Waals surface area (Å²) in [5.74, 6) is 0.402. The highest BCUT2D eigenvalue weighted by atomic mass is 35.5. The molecule has 0 aliphatic carbocycles. The molecule has 0 aliphatic heterocycles. The highest BCUT2D eigenvalue weighted by Gasteiger charge is 2.13. The second kappa shape index (κ2) is 4.11. The number of nitrogens with two attached hydrogens (primary N) is 1. The number of aromatic nitrogens is 1. The summed E-state index contributed by atoms with van der Waals surface area (Å²) in [5.41, 5.74) is 9.16. The minimum atomic E-state index is 0.0397. The predicted octanol–water partition coefficient (Wildman–Crippen LogP) is 3.96. The molecule has 0 bridgehead atoms. The SMILES string of the molecule is CC(C)c1[nH]c2ccc(C(C)N)cc2c1Cl. The third kappa shape index (κ3) is 1.83. The molecule has 0 saturated heterocycles. The quantitative estimate of drug-likeness (QED) is 0.814. The molecular formula is C13H17ClN2. The van der Waals surface area contributed by atoms with Crippen LogP contribution < -0.4 is 5.73 Å². The Labute approximate surface area is 101 Å². The molecule has 16 heavy (non-hydrogen) atoms. The lowest BCUT2D eigenvalue weighted by Gasteiger charge is -2.04. The first-order valence-electron chi connectivity index (χ1n) is 5.57. The van der Waals surface area contributed by atoms with Gasteiger partial charge in [-0.1, -0.05) is 31.5 Å². The number of H-pyrrole nitrogens is 1. The molecule has 0 fully saturated rings. The van der Waals surface area contributed by atoms with Crippen LogP contribution in [0, 0.1) is 0 Å². The van der Waals surface area contributed by atoms with E-state index in [0.29, 0.717) is 5.92 Å². The summed E-state index contributed by atoms with van der Waals surface area (Å²) in [7, 11) is 0. The molecule has 0 aliphatic rings. The van der Waals surface area contributed by atoms with E-state index >= 15 is 0 Å². The van der Waals surface area contributed by atoms with Crippen molar-refractivity contribution in [2.75, 3.05) is 0 Å². The fraction of sp³-hybridized carbons (Fsp3) is 0.385. The predicted molar refractivity (Wildman–Crippen MR) is 70.0 cm³/mol. The number of rotatable bonds is 2. The minimum Gasteiger partial charge on any atom is -0.357 e. The van der Waals surface area contributed by atoms with Crippen molar-refractivity contribution in [3.63, 3.8) is 0 Å². The zero-order valence-electron chi connectivity index (χ0n) is 9.84. The molecule has 3 N–H and O–H groups in total. The van der Waals surface area contributed by atoms with Gasteiger partial charge in [0.1, 0.15) is 0 Å².